The van der Waals surface area contributed by atoms with Crippen molar-refractivity contribution in [2.45, 2.75) is 39.2 Å². The highest BCUT2D eigenvalue weighted by Crippen LogP contribution is 2.11. The number of nitrogens with one attached hydrogen (secondary N) is 1. The van der Waals surface area contributed by atoms with Crippen LogP contribution in [0.4, 0.5) is 0 Å². The van der Waals surface area contributed by atoms with E-state index in [0.717, 1.165) is 17.5 Å². The Balaban J connectivity index is 2.02. The Labute approximate surface area is 156 Å². The molecule has 2 aromatic rings. The number of hydrogen-bond acceptors (Lipinski definition) is 2. The molecule has 2 amide bonds. The van der Waals surface area contributed by atoms with Crippen LogP contribution in [0.5, 0.6) is 0 Å². The first-order valence-electron chi connectivity index (χ1n) is 9.12. The second kappa shape index (κ2) is 9.76. The van der Waals surface area contributed by atoms with Crippen molar-refractivity contribution < 1.29 is 9.59 Å². The van der Waals surface area contributed by atoms with Crippen LogP contribution in [0.2, 0.25) is 0 Å². The second-order valence-corrected chi connectivity index (χ2v) is 6.60. The third-order valence-electron chi connectivity index (χ3n) is 4.65. The molecule has 0 fully saturated rings. The van der Waals surface area contributed by atoms with Crippen molar-refractivity contribution in [2.24, 2.45) is 0 Å². The Morgan fingerprint density at radius 2 is 1.58 bits per heavy atom. The van der Waals surface area contributed by atoms with Crippen LogP contribution in [0.25, 0.3) is 0 Å². The minimum atomic E-state index is -0.478. The highest BCUT2D eigenvalue weighted by atomic mass is 16.2. The summed E-state index contributed by atoms with van der Waals surface area (Å²) in [6.07, 6.45) is 1.82. The van der Waals surface area contributed by atoms with E-state index in [1.807, 2.05) is 37.3 Å². The van der Waals surface area contributed by atoms with E-state index in [2.05, 4.69) is 29.6 Å². The number of rotatable bonds is 8. The number of benzene rings is 2. The second-order valence-electron chi connectivity index (χ2n) is 6.60. The van der Waals surface area contributed by atoms with Gasteiger partial charge in [0.1, 0.15) is 6.04 Å². The summed E-state index contributed by atoms with van der Waals surface area (Å²) in [5.74, 6) is -0.126. The van der Waals surface area contributed by atoms with E-state index < -0.39 is 6.04 Å². The van der Waals surface area contributed by atoms with E-state index in [4.69, 9.17) is 0 Å². The minimum Gasteiger partial charge on any atom is -0.357 e. The molecule has 4 heteroatoms. The molecule has 0 saturated heterocycles. The maximum absolute atomic E-state index is 12.8. The van der Waals surface area contributed by atoms with E-state index in [1.54, 1.807) is 18.9 Å². The smallest absolute Gasteiger partial charge is 0.242 e. The predicted octanol–water partition coefficient (Wildman–Crippen LogP) is 3.13. The van der Waals surface area contributed by atoms with Crippen LogP contribution in [0.15, 0.2) is 54.6 Å². The van der Waals surface area contributed by atoms with Crippen LogP contribution in [-0.4, -0.2) is 36.3 Å². The fourth-order valence-electron chi connectivity index (χ4n) is 2.93. The molecule has 0 heterocycles. The van der Waals surface area contributed by atoms with Gasteiger partial charge >= 0.3 is 0 Å². The molecule has 26 heavy (non-hydrogen) atoms. The van der Waals surface area contributed by atoms with Gasteiger partial charge < -0.3 is 10.2 Å². The Bertz CT molecular complexity index is 711. The Morgan fingerprint density at radius 3 is 2.19 bits per heavy atom. The SMILES string of the molecule is CNC(=O)[C@H](C)N(CCc1ccccc1)C(=O)CCc1ccc(C)cc1. The van der Waals surface area contributed by atoms with Crippen LogP contribution in [0, 0.1) is 6.92 Å². The maximum atomic E-state index is 12.8. The quantitative estimate of drug-likeness (QED) is 0.793. The molecule has 0 unspecified atom stereocenters. The van der Waals surface area contributed by atoms with Gasteiger partial charge in [0.05, 0.1) is 0 Å². The van der Waals surface area contributed by atoms with Gasteiger partial charge in [-0.1, -0.05) is 60.2 Å². The van der Waals surface area contributed by atoms with Gasteiger partial charge in [-0.25, -0.2) is 0 Å². The molecule has 138 valence electrons. The molecule has 0 bridgehead atoms. The summed E-state index contributed by atoms with van der Waals surface area (Å²) in [6.45, 7) is 4.37. The van der Waals surface area contributed by atoms with E-state index >= 15 is 0 Å². The number of likely N-dealkylation sites (N-methyl/N-ethyl adjacent to an activating group) is 1. The zero-order chi connectivity index (χ0) is 18.9. The normalized spacial score (nSPS) is 11.7. The molecule has 0 aromatic heterocycles. The van der Waals surface area contributed by atoms with Gasteiger partial charge in [-0.15, -0.1) is 0 Å². The van der Waals surface area contributed by atoms with Crippen LogP contribution < -0.4 is 5.32 Å². The highest BCUT2D eigenvalue weighted by Gasteiger charge is 2.24. The molecular weight excluding hydrogens is 324 g/mol. The largest absolute Gasteiger partial charge is 0.357 e. The summed E-state index contributed by atoms with van der Waals surface area (Å²) >= 11 is 0. The highest BCUT2D eigenvalue weighted by molar-refractivity contribution is 5.87. The van der Waals surface area contributed by atoms with Crippen molar-refractivity contribution in [1.82, 2.24) is 10.2 Å². The van der Waals surface area contributed by atoms with E-state index in [1.165, 1.54) is 5.56 Å². The molecule has 2 rings (SSSR count). The molecule has 0 radical (unpaired) electrons. The molecule has 0 aliphatic carbocycles. The zero-order valence-electron chi connectivity index (χ0n) is 15.9. The van der Waals surface area contributed by atoms with Gasteiger partial charge in [0.25, 0.3) is 0 Å². The first kappa shape index (κ1) is 19.7. The molecule has 0 spiro atoms. The molecule has 4 nitrogen and oxygen atoms in total. The monoisotopic (exact) mass is 352 g/mol. The van der Waals surface area contributed by atoms with Crippen molar-refractivity contribution in [3.05, 3.63) is 71.3 Å². The third kappa shape index (κ3) is 5.73. The lowest BCUT2D eigenvalue weighted by molar-refractivity contribution is -0.139. The average molecular weight is 352 g/mol. The number of nitrogens with zero attached hydrogens (tertiary/aromatic N) is 1. The fourth-order valence-corrected chi connectivity index (χ4v) is 2.93. The van der Waals surface area contributed by atoms with Gasteiger partial charge in [-0.2, -0.15) is 0 Å². The summed E-state index contributed by atoms with van der Waals surface area (Å²) in [5.41, 5.74) is 3.50. The lowest BCUT2D eigenvalue weighted by atomic mass is 10.1. The van der Waals surface area contributed by atoms with Crippen molar-refractivity contribution >= 4 is 11.8 Å². The summed E-state index contributed by atoms with van der Waals surface area (Å²) in [5, 5.41) is 2.65. The number of carbonyl (C=O) groups excluding carboxylic acids is 2. The summed E-state index contributed by atoms with van der Waals surface area (Å²) in [4.78, 5) is 26.6. The predicted molar refractivity (Wildman–Crippen MR) is 105 cm³/mol. The van der Waals surface area contributed by atoms with Crippen molar-refractivity contribution in [3.63, 3.8) is 0 Å². The van der Waals surface area contributed by atoms with E-state index in [9.17, 15) is 9.59 Å². The first-order valence-corrected chi connectivity index (χ1v) is 9.12. The maximum Gasteiger partial charge on any atom is 0.242 e. The molecule has 0 aliphatic rings. The van der Waals surface area contributed by atoms with Crippen LogP contribution >= 0.6 is 0 Å². The standard InChI is InChI=1S/C22H28N2O2/c1-17-9-11-20(12-10-17)13-14-21(25)24(18(2)22(26)23-3)16-15-19-7-5-4-6-8-19/h4-12,18H,13-16H2,1-3H3,(H,23,26)/t18-/m0/s1. The third-order valence-corrected chi connectivity index (χ3v) is 4.65. The minimum absolute atomic E-state index is 0.0117. The van der Waals surface area contributed by atoms with Gasteiger partial charge in [0.2, 0.25) is 11.8 Å². The number of aryl methyl sites for hydroxylation is 2. The number of hydrogen-bond donors (Lipinski definition) is 1. The lowest BCUT2D eigenvalue weighted by Gasteiger charge is -2.28. The average Bonchev–Trinajstić information content (AvgIpc) is 2.67. The first-order chi connectivity index (χ1) is 12.5. The molecule has 2 aromatic carbocycles. The van der Waals surface area contributed by atoms with Crippen molar-refractivity contribution in [3.8, 4) is 0 Å². The van der Waals surface area contributed by atoms with Crippen LogP contribution in [0.1, 0.15) is 30.0 Å². The fraction of sp³-hybridized carbons (Fsp3) is 0.364. The Hall–Kier alpha value is -2.62. The summed E-state index contributed by atoms with van der Waals surface area (Å²) in [6, 6.07) is 17.8. The van der Waals surface area contributed by atoms with E-state index in [0.29, 0.717) is 19.4 Å². The van der Waals surface area contributed by atoms with Crippen molar-refractivity contribution in [2.75, 3.05) is 13.6 Å². The molecule has 1 N–H and O–H groups in total. The summed E-state index contributed by atoms with van der Waals surface area (Å²) < 4.78 is 0. The van der Waals surface area contributed by atoms with Gasteiger partial charge in [-0.05, 0) is 37.8 Å². The lowest BCUT2D eigenvalue weighted by Crippen LogP contribution is -2.48. The van der Waals surface area contributed by atoms with Gasteiger partial charge in [0, 0.05) is 20.0 Å². The Morgan fingerprint density at radius 1 is 0.962 bits per heavy atom. The molecule has 0 aliphatic heterocycles. The number of amides is 2. The molecule has 0 saturated carbocycles. The van der Waals surface area contributed by atoms with Crippen molar-refractivity contribution in [1.29, 1.82) is 0 Å². The van der Waals surface area contributed by atoms with Gasteiger partial charge in [0.15, 0.2) is 0 Å². The Kier molecular flexibility index (Phi) is 7.39. The zero-order valence-corrected chi connectivity index (χ0v) is 15.9. The number of carbonyl (C=O) groups is 2. The molecule has 1 atom stereocenters. The topological polar surface area (TPSA) is 49.4 Å². The van der Waals surface area contributed by atoms with Crippen LogP contribution in [-0.2, 0) is 22.4 Å². The van der Waals surface area contributed by atoms with Crippen LogP contribution in [0.3, 0.4) is 0 Å². The summed E-state index contributed by atoms with van der Waals surface area (Å²) in [7, 11) is 1.60. The van der Waals surface area contributed by atoms with E-state index in [-0.39, 0.29) is 11.8 Å². The van der Waals surface area contributed by atoms with Gasteiger partial charge in [-0.3, -0.25) is 9.59 Å². The molecular formula is C22H28N2O2.